The van der Waals surface area contributed by atoms with Gasteiger partial charge in [0.2, 0.25) is 5.91 Å². The summed E-state index contributed by atoms with van der Waals surface area (Å²) >= 11 is 5.74. The van der Waals surface area contributed by atoms with E-state index in [4.69, 9.17) is 11.6 Å². The Hall–Kier alpha value is -4.31. The zero-order valence-corrected chi connectivity index (χ0v) is 19.7. The predicted octanol–water partition coefficient (Wildman–Crippen LogP) is 1.74. The lowest BCUT2D eigenvalue weighted by molar-refractivity contribution is -0.136. The van der Waals surface area contributed by atoms with Gasteiger partial charge in [0.1, 0.15) is 11.9 Å². The molecular weight excluding hydrogens is 472 g/mol. The fourth-order valence-electron chi connectivity index (χ4n) is 3.00. The van der Waals surface area contributed by atoms with Crippen molar-refractivity contribution in [3.63, 3.8) is 0 Å². The van der Waals surface area contributed by atoms with Crippen molar-refractivity contribution in [3.8, 4) is 11.1 Å². The Bertz CT molecular complexity index is 1200. The molecule has 0 fully saturated rings. The molecular formula is C24H23ClN6O4. The van der Waals surface area contributed by atoms with E-state index in [0.717, 1.165) is 11.1 Å². The first-order chi connectivity index (χ1) is 16.7. The summed E-state index contributed by atoms with van der Waals surface area (Å²) in [6.45, 7) is -0.295. The lowest BCUT2D eigenvalue weighted by Gasteiger charge is -2.22. The summed E-state index contributed by atoms with van der Waals surface area (Å²) in [4.78, 5) is 58.9. The second-order valence-electron chi connectivity index (χ2n) is 7.60. The molecule has 3 rings (SSSR count). The van der Waals surface area contributed by atoms with Crippen molar-refractivity contribution < 1.29 is 19.2 Å². The number of rotatable bonds is 7. The third-order valence-electron chi connectivity index (χ3n) is 4.83. The number of likely N-dealkylation sites (N-methyl/N-ethyl adjacent to an activating group) is 1. The van der Waals surface area contributed by atoms with Crippen LogP contribution in [0.25, 0.3) is 11.1 Å². The number of nitrogens with zero attached hydrogens (tertiary/aromatic N) is 3. The molecule has 0 bridgehead atoms. The highest BCUT2D eigenvalue weighted by atomic mass is 35.5. The third kappa shape index (κ3) is 7.08. The summed E-state index contributed by atoms with van der Waals surface area (Å²) < 4.78 is 0. The second-order valence-corrected chi connectivity index (χ2v) is 8.04. The van der Waals surface area contributed by atoms with Crippen LogP contribution in [0.15, 0.2) is 67.1 Å². The molecule has 1 atom stereocenters. The van der Waals surface area contributed by atoms with E-state index in [9.17, 15) is 19.2 Å². The van der Waals surface area contributed by atoms with E-state index < -0.39 is 29.7 Å². The summed E-state index contributed by atoms with van der Waals surface area (Å²) in [5.41, 5.74) is 2.10. The third-order valence-corrected chi connectivity index (χ3v) is 5.05. The predicted molar refractivity (Wildman–Crippen MR) is 131 cm³/mol. The van der Waals surface area contributed by atoms with Gasteiger partial charge in [-0.05, 0) is 41.5 Å². The van der Waals surface area contributed by atoms with Crippen molar-refractivity contribution in [2.45, 2.75) is 6.04 Å². The normalized spacial score (nSPS) is 11.2. The molecule has 1 aromatic carbocycles. The molecule has 35 heavy (non-hydrogen) atoms. The molecule has 2 aromatic heterocycles. The second kappa shape index (κ2) is 11.7. The number of aromatic nitrogens is 2. The fourth-order valence-corrected chi connectivity index (χ4v) is 3.11. The van der Waals surface area contributed by atoms with Crippen molar-refractivity contribution in [1.82, 2.24) is 25.5 Å². The van der Waals surface area contributed by atoms with Crippen LogP contribution < -0.4 is 16.0 Å². The number of anilines is 1. The smallest absolute Gasteiger partial charge is 0.314 e. The summed E-state index contributed by atoms with van der Waals surface area (Å²) in [6, 6.07) is 12.3. The zero-order valence-electron chi connectivity index (χ0n) is 19.0. The first-order valence-electron chi connectivity index (χ1n) is 10.5. The maximum atomic E-state index is 12.8. The number of amides is 4. The topological polar surface area (TPSA) is 133 Å². The number of hydrogen-bond donors (Lipinski definition) is 3. The molecule has 0 spiro atoms. The van der Waals surface area contributed by atoms with E-state index in [-0.39, 0.29) is 12.4 Å². The van der Waals surface area contributed by atoms with Crippen LogP contribution in [0.1, 0.15) is 10.4 Å². The molecule has 0 aliphatic heterocycles. The Morgan fingerprint density at radius 3 is 2.29 bits per heavy atom. The minimum atomic E-state index is -1.10. The molecule has 180 valence electrons. The highest BCUT2D eigenvalue weighted by Gasteiger charge is 2.25. The first-order valence-corrected chi connectivity index (χ1v) is 10.9. The van der Waals surface area contributed by atoms with Gasteiger partial charge in [-0.2, -0.15) is 0 Å². The highest BCUT2D eigenvalue weighted by molar-refractivity contribution is 6.39. The van der Waals surface area contributed by atoms with Crippen LogP contribution >= 0.6 is 11.6 Å². The molecule has 10 nitrogen and oxygen atoms in total. The monoisotopic (exact) mass is 494 g/mol. The van der Waals surface area contributed by atoms with Gasteiger partial charge in [-0.15, -0.1) is 0 Å². The van der Waals surface area contributed by atoms with Gasteiger partial charge in [0.25, 0.3) is 5.91 Å². The van der Waals surface area contributed by atoms with Crippen LogP contribution in [0, 0.1) is 0 Å². The molecule has 3 aromatic rings. The van der Waals surface area contributed by atoms with Crippen LogP contribution in [0.2, 0.25) is 5.02 Å². The number of carbonyl (C=O) groups is 4. The van der Waals surface area contributed by atoms with Gasteiger partial charge in [0.15, 0.2) is 0 Å². The van der Waals surface area contributed by atoms with E-state index >= 15 is 0 Å². The van der Waals surface area contributed by atoms with Crippen molar-refractivity contribution in [1.29, 1.82) is 0 Å². The van der Waals surface area contributed by atoms with E-state index in [1.165, 1.54) is 37.3 Å². The molecule has 4 amide bonds. The van der Waals surface area contributed by atoms with Gasteiger partial charge >= 0.3 is 11.8 Å². The number of carbonyl (C=O) groups excluding carboxylic acids is 4. The van der Waals surface area contributed by atoms with E-state index in [1.54, 1.807) is 36.7 Å². The molecule has 0 radical (unpaired) electrons. The Balaban J connectivity index is 1.62. The van der Waals surface area contributed by atoms with Gasteiger partial charge in [-0.1, -0.05) is 29.8 Å². The number of hydrogen-bond acceptors (Lipinski definition) is 6. The maximum Gasteiger partial charge on any atom is 0.314 e. The average molecular weight is 495 g/mol. The van der Waals surface area contributed by atoms with Crippen LogP contribution in [0.4, 0.5) is 5.82 Å². The van der Waals surface area contributed by atoms with E-state index in [2.05, 4.69) is 25.9 Å². The highest BCUT2D eigenvalue weighted by Crippen LogP contribution is 2.18. The van der Waals surface area contributed by atoms with Crippen molar-refractivity contribution in [2.75, 3.05) is 26.0 Å². The molecule has 0 aliphatic carbocycles. The first kappa shape index (κ1) is 25.3. The zero-order chi connectivity index (χ0) is 25.4. The van der Waals surface area contributed by atoms with Gasteiger partial charge in [-0.25, -0.2) is 4.98 Å². The minimum Gasteiger partial charge on any atom is -0.347 e. The SMILES string of the molecule is CN(C)C(=O)C(CNC(=O)C(=O)Nc1ccc(Cl)cn1)NC(=O)c1ccc(-c2cccnc2)cc1. The molecule has 0 saturated heterocycles. The van der Waals surface area contributed by atoms with E-state index in [1.807, 2.05) is 12.1 Å². The van der Waals surface area contributed by atoms with Gasteiger partial charge in [0.05, 0.1) is 5.02 Å². The summed E-state index contributed by atoms with van der Waals surface area (Å²) in [5.74, 6) is -2.79. The van der Waals surface area contributed by atoms with Crippen LogP contribution in [0.3, 0.4) is 0 Å². The summed E-state index contributed by atoms with van der Waals surface area (Å²) in [7, 11) is 3.04. The minimum absolute atomic E-state index is 0.138. The quantitative estimate of drug-likeness (QED) is 0.428. The van der Waals surface area contributed by atoms with Crippen molar-refractivity contribution >= 4 is 41.0 Å². The average Bonchev–Trinajstić information content (AvgIpc) is 2.87. The Morgan fingerprint density at radius 2 is 1.69 bits per heavy atom. The Morgan fingerprint density at radius 1 is 0.943 bits per heavy atom. The molecule has 3 N–H and O–H groups in total. The summed E-state index contributed by atoms with van der Waals surface area (Å²) in [5, 5.41) is 7.67. The van der Waals surface area contributed by atoms with Crippen LogP contribution in [-0.2, 0) is 14.4 Å². The van der Waals surface area contributed by atoms with Crippen LogP contribution in [-0.4, -0.2) is 65.2 Å². The molecule has 1 unspecified atom stereocenters. The number of nitrogens with one attached hydrogen (secondary N) is 3. The number of benzene rings is 1. The maximum absolute atomic E-state index is 12.8. The standard InChI is InChI=1S/C24H23ClN6O4/c1-31(2)24(35)19(14-28-22(33)23(34)30-20-10-9-18(25)13-27-20)29-21(32)16-7-5-15(6-8-16)17-4-3-11-26-12-17/h3-13,19H,14H2,1-2H3,(H,28,33)(H,29,32)(H,27,30,34). The Kier molecular flexibility index (Phi) is 8.47. The molecule has 0 saturated carbocycles. The van der Waals surface area contributed by atoms with Crippen LogP contribution in [0.5, 0.6) is 0 Å². The number of pyridine rings is 2. The molecule has 0 aliphatic rings. The van der Waals surface area contributed by atoms with E-state index in [0.29, 0.717) is 10.6 Å². The van der Waals surface area contributed by atoms with Crippen molar-refractivity contribution in [2.24, 2.45) is 0 Å². The lowest BCUT2D eigenvalue weighted by Crippen LogP contribution is -2.53. The molecule has 2 heterocycles. The number of halogens is 1. The molecule has 11 heteroatoms. The van der Waals surface area contributed by atoms with Gasteiger partial charge < -0.3 is 20.9 Å². The van der Waals surface area contributed by atoms with Gasteiger partial charge in [0, 0.05) is 44.8 Å². The van der Waals surface area contributed by atoms with Crippen molar-refractivity contribution in [3.05, 3.63) is 77.7 Å². The van der Waals surface area contributed by atoms with Gasteiger partial charge in [-0.3, -0.25) is 24.2 Å². The Labute approximate surface area is 206 Å². The lowest BCUT2D eigenvalue weighted by atomic mass is 10.1. The summed E-state index contributed by atoms with van der Waals surface area (Å²) in [6.07, 6.45) is 4.70. The largest absolute Gasteiger partial charge is 0.347 e. The fraction of sp³-hybridized carbons (Fsp3) is 0.167.